The smallest absolute Gasteiger partial charge is 0.269 e. The molecule has 0 radical (unpaired) electrons. The van der Waals surface area contributed by atoms with Gasteiger partial charge in [0.2, 0.25) is 0 Å². The van der Waals surface area contributed by atoms with E-state index in [-0.39, 0.29) is 16.7 Å². The molecule has 0 saturated carbocycles. The Labute approximate surface area is 120 Å². The van der Waals surface area contributed by atoms with Crippen LogP contribution in [0.3, 0.4) is 0 Å². The number of hydrogen-bond donors (Lipinski definition) is 1. The van der Waals surface area contributed by atoms with Gasteiger partial charge in [0.15, 0.2) is 0 Å². The second-order valence-electron chi connectivity index (χ2n) is 5.32. The molecule has 0 aliphatic heterocycles. The third-order valence-electron chi connectivity index (χ3n) is 3.14. The Morgan fingerprint density at radius 2 is 1.85 bits per heavy atom. The fourth-order valence-corrected chi connectivity index (χ4v) is 1.77. The summed E-state index contributed by atoms with van der Waals surface area (Å²) < 4.78 is 5.53. The lowest BCUT2D eigenvalue weighted by atomic mass is 10.1. The molecule has 0 fully saturated rings. The molecule has 0 aromatic heterocycles. The van der Waals surface area contributed by atoms with Crippen LogP contribution in [0.4, 0.5) is 5.69 Å². The van der Waals surface area contributed by atoms with Crippen LogP contribution in [-0.4, -0.2) is 24.7 Å². The normalized spacial score (nSPS) is 12.6. The van der Waals surface area contributed by atoms with Crippen LogP contribution < -0.4 is 5.32 Å². The number of hydrogen-bond acceptors (Lipinski definition) is 4. The van der Waals surface area contributed by atoms with Gasteiger partial charge in [-0.05, 0) is 24.8 Å². The SMILES string of the molecule is CC(C)CCOCCNC(C)c1ccc([N+](=O)[O-])cc1. The maximum absolute atomic E-state index is 10.6. The summed E-state index contributed by atoms with van der Waals surface area (Å²) in [7, 11) is 0. The van der Waals surface area contributed by atoms with Crippen LogP contribution in [0.15, 0.2) is 24.3 Å². The Morgan fingerprint density at radius 3 is 2.40 bits per heavy atom. The molecule has 1 unspecified atom stereocenters. The molecule has 20 heavy (non-hydrogen) atoms. The standard InChI is InChI=1S/C15H24N2O3/c1-12(2)8-10-20-11-9-16-13(3)14-4-6-15(7-5-14)17(18)19/h4-7,12-13,16H,8-11H2,1-3H3. The van der Waals surface area contributed by atoms with Gasteiger partial charge in [0.1, 0.15) is 0 Å². The highest BCUT2D eigenvalue weighted by Gasteiger charge is 2.08. The van der Waals surface area contributed by atoms with Gasteiger partial charge in [-0.1, -0.05) is 26.0 Å². The lowest BCUT2D eigenvalue weighted by molar-refractivity contribution is -0.384. The van der Waals surface area contributed by atoms with Crippen LogP contribution in [0.25, 0.3) is 0 Å². The average Bonchev–Trinajstić information content (AvgIpc) is 2.42. The van der Waals surface area contributed by atoms with Crippen LogP contribution in [0.5, 0.6) is 0 Å². The highest BCUT2D eigenvalue weighted by molar-refractivity contribution is 5.33. The first kappa shape index (κ1) is 16.6. The fourth-order valence-electron chi connectivity index (χ4n) is 1.77. The van der Waals surface area contributed by atoms with Gasteiger partial charge < -0.3 is 10.1 Å². The van der Waals surface area contributed by atoms with Gasteiger partial charge in [-0.25, -0.2) is 0 Å². The van der Waals surface area contributed by atoms with E-state index in [9.17, 15) is 10.1 Å². The Morgan fingerprint density at radius 1 is 1.20 bits per heavy atom. The van der Waals surface area contributed by atoms with Crippen molar-refractivity contribution >= 4 is 5.69 Å². The summed E-state index contributed by atoms with van der Waals surface area (Å²) in [6, 6.07) is 6.80. The van der Waals surface area contributed by atoms with Gasteiger partial charge in [0, 0.05) is 31.3 Å². The Hall–Kier alpha value is -1.46. The molecule has 112 valence electrons. The first-order chi connectivity index (χ1) is 9.50. The van der Waals surface area contributed by atoms with E-state index in [1.807, 2.05) is 6.92 Å². The largest absolute Gasteiger partial charge is 0.380 e. The summed E-state index contributed by atoms with van der Waals surface area (Å²) in [5, 5.41) is 13.9. The Bertz CT molecular complexity index is 404. The molecular formula is C15H24N2O3. The second-order valence-corrected chi connectivity index (χ2v) is 5.32. The highest BCUT2D eigenvalue weighted by Crippen LogP contribution is 2.17. The molecule has 1 N–H and O–H groups in total. The van der Waals surface area contributed by atoms with E-state index in [1.165, 1.54) is 12.1 Å². The predicted octanol–water partition coefficient (Wildman–Crippen LogP) is 3.31. The van der Waals surface area contributed by atoms with Gasteiger partial charge in [0.05, 0.1) is 11.5 Å². The molecule has 0 bridgehead atoms. The van der Waals surface area contributed by atoms with E-state index in [4.69, 9.17) is 4.74 Å². The number of nitrogens with zero attached hydrogens (tertiary/aromatic N) is 1. The number of nitrogens with one attached hydrogen (secondary N) is 1. The number of nitro groups is 1. The van der Waals surface area contributed by atoms with E-state index >= 15 is 0 Å². The van der Waals surface area contributed by atoms with Crippen molar-refractivity contribution in [3.63, 3.8) is 0 Å². The van der Waals surface area contributed by atoms with Crippen LogP contribution in [0, 0.1) is 16.0 Å². The summed E-state index contributed by atoms with van der Waals surface area (Å²) in [6.07, 6.45) is 1.08. The maximum Gasteiger partial charge on any atom is 0.269 e. The number of rotatable bonds is 9. The molecule has 0 spiro atoms. The van der Waals surface area contributed by atoms with Gasteiger partial charge in [0.25, 0.3) is 5.69 Å². The van der Waals surface area contributed by atoms with Crippen LogP contribution in [-0.2, 0) is 4.74 Å². The van der Waals surface area contributed by atoms with Crippen molar-refractivity contribution in [1.29, 1.82) is 0 Å². The van der Waals surface area contributed by atoms with Crippen molar-refractivity contribution in [1.82, 2.24) is 5.32 Å². The highest BCUT2D eigenvalue weighted by atomic mass is 16.6. The van der Waals surface area contributed by atoms with Crippen molar-refractivity contribution in [2.45, 2.75) is 33.2 Å². The number of nitro benzene ring substituents is 1. The van der Waals surface area contributed by atoms with Crippen molar-refractivity contribution in [2.24, 2.45) is 5.92 Å². The summed E-state index contributed by atoms with van der Waals surface area (Å²) in [6.45, 7) is 8.65. The molecule has 1 aromatic carbocycles. The van der Waals surface area contributed by atoms with Crippen molar-refractivity contribution in [3.05, 3.63) is 39.9 Å². The number of ether oxygens (including phenoxy) is 1. The molecule has 1 rings (SSSR count). The van der Waals surface area contributed by atoms with E-state index in [0.717, 1.165) is 25.1 Å². The van der Waals surface area contributed by atoms with Gasteiger partial charge >= 0.3 is 0 Å². The van der Waals surface area contributed by atoms with Gasteiger partial charge in [-0.3, -0.25) is 10.1 Å². The van der Waals surface area contributed by atoms with Crippen LogP contribution >= 0.6 is 0 Å². The zero-order valence-corrected chi connectivity index (χ0v) is 12.5. The lowest BCUT2D eigenvalue weighted by Crippen LogP contribution is -2.23. The van der Waals surface area contributed by atoms with Gasteiger partial charge in [-0.2, -0.15) is 0 Å². The minimum absolute atomic E-state index is 0.123. The molecular weight excluding hydrogens is 256 g/mol. The quantitative estimate of drug-likeness (QED) is 0.428. The third kappa shape index (κ3) is 6.12. The minimum Gasteiger partial charge on any atom is -0.380 e. The fraction of sp³-hybridized carbons (Fsp3) is 0.600. The first-order valence-corrected chi connectivity index (χ1v) is 7.06. The minimum atomic E-state index is -0.384. The zero-order chi connectivity index (χ0) is 15.0. The number of benzene rings is 1. The second kappa shape index (κ2) is 8.66. The average molecular weight is 280 g/mol. The first-order valence-electron chi connectivity index (χ1n) is 7.06. The molecule has 0 aliphatic rings. The number of non-ortho nitro benzene ring substituents is 1. The Balaban J connectivity index is 2.25. The van der Waals surface area contributed by atoms with Crippen molar-refractivity contribution in [2.75, 3.05) is 19.8 Å². The molecule has 0 heterocycles. The van der Waals surface area contributed by atoms with E-state index in [0.29, 0.717) is 12.5 Å². The molecule has 1 aromatic rings. The van der Waals surface area contributed by atoms with E-state index in [1.54, 1.807) is 12.1 Å². The summed E-state index contributed by atoms with van der Waals surface area (Å²) in [5.74, 6) is 0.669. The molecule has 0 aliphatic carbocycles. The summed E-state index contributed by atoms with van der Waals surface area (Å²) >= 11 is 0. The van der Waals surface area contributed by atoms with Gasteiger partial charge in [-0.15, -0.1) is 0 Å². The van der Waals surface area contributed by atoms with Crippen molar-refractivity contribution < 1.29 is 9.66 Å². The topological polar surface area (TPSA) is 64.4 Å². The molecule has 0 amide bonds. The molecule has 5 heteroatoms. The van der Waals surface area contributed by atoms with E-state index in [2.05, 4.69) is 19.2 Å². The summed E-state index contributed by atoms with van der Waals surface area (Å²) in [4.78, 5) is 10.2. The Kier molecular flexibility index (Phi) is 7.18. The maximum atomic E-state index is 10.6. The van der Waals surface area contributed by atoms with E-state index < -0.39 is 0 Å². The molecule has 0 saturated heterocycles. The van der Waals surface area contributed by atoms with Crippen molar-refractivity contribution in [3.8, 4) is 0 Å². The predicted molar refractivity (Wildman–Crippen MR) is 79.8 cm³/mol. The third-order valence-corrected chi connectivity index (χ3v) is 3.14. The molecule has 5 nitrogen and oxygen atoms in total. The lowest BCUT2D eigenvalue weighted by Gasteiger charge is -2.14. The van der Waals surface area contributed by atoms with Crippen LogP contribution in [0.2, 0.25) is 0 Å². The zero-order valence-electron chi connectivity index (χ0n) is 12.5. The van der Waals surface area contributed by atoms with Crippen LogP contribution in [0.1, 0.15) is 38.8 Å². The monoisotopic (exact) mass is 280 g/mol. The molecule has 1 atom stereocenters. The summed E-state index contributed by atoms with van der Waals surface area (Å²) in [5.41, 5.74) is 1.16.